The summed E-state index contributed by atoms with van der Waals surface area (Å²) in [5.41, 5.74) is 1.66. The molecule has 2 heterocycles. The highest BCUT2D eigenvalue weighted by atomic mass is 35.5. The maximum Gasteiger partial charge on any atom is 0.252 e. The summed E-state index contributed by atoms with van der Waals surface area (Å²) < 4.78 is 17.0. The van der Waals surface area contributed by atoms with E-state index in [1.807, 2.05) is 36.4 Å². The number of hydrogen-bond donors (Lipinski definition) is 0. The molecule has 0 spiro atoms. The van der Waals surface area contributed by atoms with E-state index in [0.29, 0.717) is 41.4 Å². The third-order valence-corrected chi connectivity index (χ3v) is 6.68. The molecule has 2 aromatic carbocycles. The number of morpholine rings is 1. The summed E-state index contributed by atoms with van der Waals surface area (Å²) in [5.74, 6) is 1.11. The second-order valence-electron chi connectivity index (χ2n) is 7.50. The van der Waals surface area contributed by atoms with Crippen molar-refractivity contribution >= 4 is 62.7 Å². The Labute approximate surface area is 214 Å². The number of rotatable bonds is 8. The smallest absolute Gasteiger partial charge is 0.252 e. The van der Waals surface area contributed by atoms with Crippen LogP contribution in [-0.2, 0) is 9.53 Å². The summed E-state index contributed by atoms with van der Waals surface area (Å²) in [6, 6.07) is 11.1. The first-order valence-corrected chi connectivity index (χ1v) is 11.8. The van der Waals surface area contributed by atoms with Crippen molar-refractivity contribution in [2.24, 2.45) is 0 Å². The Morgan fingerprint density at radius 2 is 1.94 bits per heavy atom. The maximum absolute atomic E-state index is 13.3. The largest absolute Gasteiger partial charge is 0.493 e. The Kier molecular flexibility index (Phi) is 9.55. The predicted octanol–water partition coefficient (Wildman–Crippen LogP) is 4.77. The van der Waals surface area contributed by atoms with Crippen LogP contribution in [0.25, 0.3) is 16.3 Å². The molecule has 1 amide bonds. The van der Waals surface area contributed by atoms with Gasteiger partial charge in [0.2, 0.25) is 0 Å². The molecular formula is C24H27Cl2N3O4S. The zero-order chi connectivity index (χ0) is 23.2. The standard InChI is InChI=1S/C24H26ClN3O4S.ClH/c1-30-20-7-3-17(15-21(20)31-2)4-8-23(29)28(10-9-27-11-13-32-14-12-27)24-26-19-6-5-18(25)16-22(19)33-24;/h3-8,15-16H,9-14H2,1-2H3;1H/b8-4+;. The molecule has 4 rings (SSSR count). The number of methoxy groups -OCH3 is 2. The summed E-state index contributed by atoms with van der Waals surface area (Å²) in [4.78, 5) is 22.0. The highest BCUT2D eigenvalue weighted by Gasteiger charge is 2.20. The normalized spacial score (nSPS) is 14.2. The maximum atomic E-state index is 13.3. The lowest BCUT2D eigenvalue weighted by Crippen LogP contribution is -2.42. The van der Waals surface area contributed by atoms with Crippen LogP contribution in [0.4, 0.5) is 5.13 Å². The number of nitrogens with zero attached hydrogens (tertiary/aromatic N) is 3. The number of aromatic nitrogens is 1. The van der Waals surface area contributed by atoms with Crippen LogP contribution >= 0.6 is 35.3 Å². The first-order valence-electron chi connectivity index (χ1n) is 10.6. The molecule has 0 unspecified atom stereocenters. The van der Waals surface area contributed by atoms with E-state index >= 15 is 0 Å². The fourth-order valence-electron chi connectivity index (χ4n) is 3.58. The SMILES string of the molecule is COc1ccc(/C=C/C(=O)N(CCN2CCOCC2)c2nc3ccc(Cl)cc3s2)cc1OC.Cl. The van der Waals surface area contributed by atoms with Crippen molar-refractivity contribution in [2.45, 2.75) is 0 Å². The van der Waals surface area contributed by atoms with Crippen molar-refractivity contribution in [3.8, 4) is 11.5 Å². The number of hydrogen-bond acceptors (Lipinski definition) is 7. The van der Waals surface area contributed by atoms with Gasteiger partial charge < -0.3 is 14.2 Å². The Bertz CT molecular complexity index is 1150. The van der Waals surface area contributed by atoms with E-state index in [1.54, 1.807) is 31.3 Å². The van der Waals surface area contributed by atoms with Crippen LogP contribution in [0.15, 0.2) is 42.5 Å². The van der Waals surface area contributed by atoms with Gasteiger partial charge in [0.05, 0.1) is 37.6 Å². The van der Waals surface area contributed by atoms with Crippen molar-refractivity contribution in [1.29, 1.82) is 0 Å². The number of halogens is 2. The number of benzene rings is 2. The average Bonchev–Trinajstić information content (AvgIpc) is 3.26. The minimum absolute atomic E-state index is 0. The highest BCUT2D eigenvalue weighted by molar-refractivity contribution is 7.22. The Balaban J connectivity index is 0.00000324. The van der Waals surface area contributed by atoms with Crippen molar-refractivity contribution in [1.82, 2.24) is 9.88 Å². The minimum atomic E-state index is -0.136. The second-order valence-corrected chi connectivity index (χ2v) is 8.95. The number of ether oxygens (including phenoxy) is 3. The molecule has 1 aliphatic heterocycles. The molecule has 7 nitrogen and oxygen atoms in total. The predicted molar refractivity (Wildman–Crippen MR) is 140 cm³/mol. The van der Waals surface area contributed by atoms with Gasteiger partial charge in [0.1, 0.15) is 0 Å². The van der Waals surface area contributed by atoms with Gasteiger partial charge in [0.25, 0.3) is 5.91 Å². The number of amides is 1. The van der Waals surface area contributed by atoms with Crippen LogP contribution in [0.1, 0.15) is 5.56 Å². The lowest BCUT2D eigenvalue weighted by molar-refractivity contribution is -0.114. The topological polar surface area (TPSA) is 64.1 Å². The van der Waals surface area contributed by atoms with Crippen molar-refractivity contribution in [2.75, 3.05) is 58.5 Å². The number of carbonyl (C=O) groups excluding carboxylic acids is 1. The van der Waals surface area contributed by atoms with Crippen LogP contribution in [-0.4, -0.2) is 69.4 Å². The third kappa shape index (κ3) is 6.40. The van der Waals surface area contributed by atoms with Crippen molar-refractivity contribution in [3.05, 3.63) is 53.1 Å². The average molecular weight is 524 g/mol. The molecular weight excluding hydrogens is 497 g/mol. The van der Waals surface area contributed by atoms with Gasteiger partial charge in [0, 0.05) is 37.3 Å². The fraction of sp³-hybridized carbons (Fsp3) is 0.333. The molecule has 1 saturated heterocycles. The van der Waals surface area contributed by atoms with E-state index in [0.717, 1.165) is 35.4 Å². The molecule has 0 radical (unpaired) electrons. The number of fused-ring (bicyclic) bond motifs is 1. The van der Waals surface area contributed by atoms with E-state index in [9.17, 15) is 4.79 Å². The summed E-state index contributed by atoms with van der Waals surface area (Å²) in [7, 11) is 3.18. The minimum Gasteiger partial charge on any atom is -0.493 e. The van der Waals surface area contributed by atoms with E-state index < -0.39 is 0 Å². The van der Waals surface area contributed by atoms with Gasteiger partial charge in [-0.1, -0.05) is 29.0 Å². The zero-order valence-electron chi connectivity index (χ0n) is 19.0. The molecule has 10 heteroatoms. The van der Waals surface area contributed by atoms with Gasteiger partial charge >= 0.3 is 0 Å². The molecule has 0 atom stereocenters. The van der Waals surface area contributed by atoms with Crippen LogP contribution < -0.4 is 14.4 Å². The Morgan fingerprint density at radius 1 is 1.18 bits per heavy atom. The van der Waals surface area contributed by atoms with Gasteiger partial charge in [-0.05, 0) is 42.0 Å². The fourth-order valence-corrected chi connectivity index (χ4v) is 4.86. The Hall–Kier alpha value is -2.36. The van der Waals surface area contributed by atoms with Crippen LogP contribution in [0.3, 0.4) is 0 Å². The van der Waals surface area contributed by atoms with Crippen molar-refractivity contribution in [3.63, 3.8) is 0 Å². The summed E-state index contributed by atoms with van der Waals surface area (Å²) in [6.07, 6.45) is 3.34. The van der Waals surface area contributed by atoms with E-state index in [1.165, 1.54) is 11.3 Å². The molecule has 3 aromatic rings. The number of thiazole rings is 1. The van der Waals surface area contributed by atoms with E-state index in [2.05, 4.69) is 4.90 Å². The highest BCUT2D eigenvalue weighted by Crippen LogP contribution is 2.31. The van der Waals surface area contributed by atoms with Crippen LogP contribution in [0.2, 0.25) is 5.02 Å². The van der Waals surface area contributed by atoms with Crippen LogP contribution in [0, 0.1) is 0 Å². The molecule has 1 fully saturated rings. The van der Waals surface area contributed by atoms with Gasteiger partial charge in [-0.3, -0.25) is 14.6 Å². The van der Waals surface area contributed by atoms with Gasteiger partial charge in [-0.25, -0.2) is 4.98 Å². The first kappa shape index (κ1) is 26.2. The van der Waals surface area contributed by atoms with E-state index in [-0.39, 0.29) is 18.3 Å². The van der Waals surface area contributed by atoms with E-state index in [4.69, 9.17) is 30.8 Å². The number of carbonyl (C=O) groups is 1. The lowest BCUT2D eigenvalue weighted by atomic mass is 10.2. The van der Waals surface area contributed by atoms with Crippen LogP contribution in [0.5, 0.6) is 11.5 Å². The summed E-state index contributed by atoms with van der Waals surface area (Å²) >= 11 is 7.61. The quantitative estimate of drug-likeness (QED) is 0.396. The summed E-state index contributed by atoms with van der Waals surface area (Å²) in [6.45, 7) is 4.43. The molecule has 182 valence electrons. The van der Waals surface area contributed by atoms with Gasteiger partial charge in [-0.15, -0.1) is 12.4 Å². The van der Waals surface area contributed by atoms with Gasteiger partial charge in [-0.2, -0.15) is 0 Å². The number of anilines is 1. The summed E-state index contributed by atoms with van der Waals surface area (Å²) in [5, 5.41) is 1.31. The monoisotopic (exact) mass is 523 g/mol. The van der Waals surface area contributed by atoms with Gasteiger partial charge in [0.15, 0.2) is 16.6 Å². The van der Waals surface area contributed by atoms with Crippen molar-refractivity contribution < 1.29 is 19.0 Å². The Morgan fingerprint density at radius 3 is 2.68 bits per heavy atom. The third-order valence-electron chi connectivity index (χ3n) is 5.41. The molecule has 0 bridgehead atoms. The zero-order valence-corrected chi connectivity index (χ0v) is 21.4. The molecule has 0 aliphatic carbocycles. The molecule has 0 N–H and O–H groups in total. The molecule has 34 heavy (non-hydrogen) atoms. The first-order chi connectivity index (χ1) is 16.1. The lowest BCUT2D eigenvalue weighted by Gasteiger charge is -2.28. The second kappa shape index (κ2) is 12.4. The molecule has 1 aliphatic rings. The molecule has 1 aromatic heterocycles. The molecule has 0 saturated carbocycles.